The van der Waals surface area contributed by atoms with Gasteiger partial charge in [-0.15, -0.1) is 0 Å². The first-order valence-corrected chi connectivity index (χ1v) is 7.93. The van der Waals surface area contributed by atoms with Gasteiger partial charge in [0.25, 0.3) is 5.56 Å². The molecule has 0 radical (unpaired) electrons. The maximum absolute atomic E-state index is 12.9. The predicted molar refractivity (Wildman–Crippen MR) is 76.7 cm³/mol. The number of nitriles is 1. The van der Waals surface area contributed by atoms with E-state index in [-0.39, 0.29) is 30.6 Å². The Hall–Kier alpha value is -1.68. The van der Waals surface area contributed by atoms with Gasteiger partial charge >= 0.3 is 13.3 Å². The number of hydrogen-bond acceptors (Lipinski definition) is 6. The summed E-state index contributed by atoms with van der Waals surface area (Å²) in [5, 5.41) is 8.65. The van der Waals surface area contributed by atoms with Crippen LogP contribution in [0, 0.1) is 11.3 Å². The molecule has 0 saturated heterocycles. The zero-order chi connectivity index (χ0) is 16.2. The topological polar surface area (TPSA) is 103 Å². The second kappa shape index (κ2) is 6.85. The van der Waals surface area contributed by atoms with Crippen LogP contribution in [0.15, 0.2) is 9.59 Å². The second-order valence-corrected chi connectivity index (χ2v) is 6.13. The fourth-order valence-corrected chi connectivity index (χ4v) is 3.87. The Labute approximate surface area is 122 Å². The summed E-state index contributed by atoms with van der Waals surface area (Å²) in [7, 11) is -1.22. The van der Waals surface area contributed by atoms with Crippen molar-refractivity contribution in [1.29, 1.82) is 5.26 Å². The average molecular weight is 315 g/mol. The summed E-state index contributed by atoms with van der Waals surface area (Å²) in [6, 6.07) is 1.86. The van der Waals surface area contributed by atoms with Crippen molar-refractivity contribution in [2.45, 2.75) is 20.3 Å². The standard InChI is InChI=1S/C12H18N3O5P/c1-5-19-21(18,20-6-2)10-9(7-8-13)14(3)12(17)15(4)11(10)16/h5-7H2,1-4H3. The molecule has 0 aliphatic carbocycles. The molecule has 1 heterocycles. The van der Waals surface area contributed by atoms with Crippen molar-refractivity contribution in [1.82, 2.24) is 9.13 Å². The summed E-state index contributed by atoms with van der Waals surface area (Å²) in [5.41, 5.74) is -1.32. The van der Waals surface area contributed by atoms with Crippen molar-refractivity contribution < 1.29 is 13.6 Å². The SMILES string of the molecule is CCOP(=O)(OCC)c1c(CC#N)n(C)c(=O)n(C)c1=O. The summed E-state index contributed by atoms with van der Waals surface area (Å²) >= 11 is 0. The molecule has 9 heteroatoms. The predicted octanol–water partition coefficient (Wildman–Crippen LogP) is 0.0415. The van der Waals surface area contributed by atoms with Gasteiger partial charge in [0.1, 0.15) is 0 Å². The molecule has 0 aromatic carbocycles. The number of nitrogens with zero attached hydrogens (tertiary/aromatic N) is 3. The van der Waals surface area contributed by atoms with E-state index in [2.05, 4.69) is 0 Å². The Kier molecular flexibility index (Phi) is 5.67. The van der Waals surface area contributed by atoms with E-state index in [0.29, 0.717) is 0 Å². The van der Waals surface area contributed by atoms with Gasteiger partial charge in [-0.1, -0.05) is 0 Å². The molecule has 0 aliphatic rings. The van der Waals surface area contributed by atoms with Gasteiger partial charge in [0.2, 0.25) is 0 Å². The van der Waals surface area contributed by atoms with Crippen LogP contribution in [-0.4, -0.2) is 22.3 Å². The Morgan fingerprint density at radius 2 is 1.67 bits per heavy atom. The lowest BCUT2D eigenvalue weighted by atomic mass is 10.3. The summed E-state index contributed by atoms with van der Waals surface area (Å²) in [5.74, 6) is 0. The maximum Gasteiger partial charge on any atom is 0.368 e. The van der Waals surface area contributed by atoms with Crippen molar-refractivity contribution in [2.24, 2.45) is 14.1 Å². The van der Waals surface area contributed by atoms with Gasteiger partial charge in [0.05, 0.1) is 31.4 Å². The van der Waals surface area contributed by atoms with E-state index in [4.69, 9.17) is 14.3 Å². The molecule has 1 aromatic rings. The van der Waals surface area contributed by atoms with Crippen LogP contribution < -0.4 is 16.6 Å². The molecule has 0 bridgehead atoms. The van der Waals surface area contributed by atoms with Crippen LogP contribution in [0.5, 0.6) is 0 Å². The molecule has 0 fully saturated rings. The van der Waals surface area contributed by atoms with Crippen molar-refractivity contribution in [3.8, 4) is 6.07 Å². The first-order valence-electron chi connectivity index (χ1n) is 6.39. The summed E-state index contributed by atoms with van der Waals surface area (Å²) < 4.78 is 25.1. The minimum absolute atomic E-state index is 0.0517. The van der Waals surface area contributed by atoms with E-state index in [1.54, 1.807) is 13.8 Å². The fraction of sp³-hybridized carbons (Fsp3) is 0.583. The van der Waals surface area contributed by atoms with Crippen LogP contribution in [0.25, 0.3) is 0 Å². The highest BCUT2D eigenvalue weighted by molar-refractivity contribution is 7.62. The van der Waals surface area contributed by atoms with Gasteiger partial charge in [0, 0.05) is 14.1 Å². The maximum atomic E-state index is 12.9. The van der Waals surface area contributed by atoms with E-state index in [9.17, 15) is 14.2 Å². The summed E-state index contributed by atoms with van der Waals surface area (Å²) in [6.07, 6.45) is -0.249. The molecule has 0 aliphatic heterocycles. The van der Waals surface area contributed by atoms with Crippen molar-refractivity contribution >= 4 is 12.9 Å². The minimum atomic E-state index is -3.89. The zero-order valence-electron chi connectivity index (χ0n) is 12.5. The molecule has 0 amide bonds. The molecule has 0 atom stereocenters. The van der Waals surface area contributed by atoms with Gasteiger partial charge in [-0.2, -0.15) is 5.26 Å². The molecular weight excluding hydrogens is 297 g/mol. The third-order valence-corrected chi connectivity index (χ3v) is 5.07. The third-order valence-electron chi connectivity index (χ3n) is 2.88. The van der Waals surface area contributed by atoms with Gasteiger partial charge < -0.3 is 9.05 Å². The molecule has 1 aromatic heterocycles. The lowest BCUT2D eigenvalue weighted by Crippen LogP contribution is -2.48. The first kappa shape index (κ1) is 17.4. The van der Waals surface area contributed by atoms with Crippen LogP contribution in [0.1, 0.15) is 19.5 Å². The minimum Gasteiger partial charge on any atom is -0.305 e. The van der Waals surface area contributed by atoms with Gasteiger partial charge in [-0.05, 0) is 13.8 Å². The average Bonchev–Trinajstić information content (AvgIpc) is 2.43. The van der Waals surface area contributed by atoms with Crippen molar-refractivity contribution in [2.75, 3.05) is 13.2 Å². The largest absolute Gasteiger partial charge is 0.368 e. The summed E-state index contributed by atoms with van der Waals surface area (Å²) in [4.78, 5) is 24.3. The molecule has 21 heavy (non-hydrogen) atoms. The Morgan fingerprint density at radius 3 is 2.10 bits per heavy atom. The quantitative estimate of drug-likeness (QED) is 0.687. The molecular formula is C12H18N3O5P. The van der Waals surface area contributed by atoms with Gasteiger partial charge in [0.15, 0.2) is 5.30 Å². The second-order valence-electron chi connectivity index (χ2n) is 4.17. The Bertz CT molecular complexity index is 718. The van der Waals surface area contributed by atoms with E-state index in [0.717, 1.165) is 9.13 Å². The lowest BCUT2D eigenvalue weighted by molar-refractivity contribution is 0.229. The van der Waals surface area contributed by atoms with E-state index < -0.39 is 18.8 Å². The number of rotatable bonds is 6. The smallest absolute Gasteiger partial charge is 0.305 e. The Morgan fingerprint density at radius 1 is 1.14 bits per heavy atom. The van der Waals surface area contributed by atoms with Crippen LogP contribution in [-0.2, 0) is 34.1 Å². The van der Waals surface area contributed by atoms with Gasteiger partial charge in [-0.3, -0.25) is 18.5 Å². The normalized spacial score (nSPS) is 11.4. The number of hydrogen-bond donors (Lipinski definition) is 0. The van der Waals surface area contributed by atoms with E-state index in [1.165, 1.54) is 14.1 Å². The Balaban J connectivity index is 3.83. The van der Waals surface area contributed by atoms with E-state index in [1.807, 2.05) is 6.07 Å². The molecule has 8 nitrogen and oxygen atoms in total. The molecule has 1 rings (SSSR count). The van der Waals surface area contributed by atoms with E-state index >= 15 is 0 Å². The molecule has 0 spiro atoms. The summed E-state index contributed by atoms with van der Waals surface area (Å²) in [6.45, 7) is 3.36. The molecule has 0 unspecified atom stereocenters. The number of aromatic nitrogens is 2. The lowest BCUT2D eigenvalue weighted by Gasteiger charge is -2.20. The highest BCUT2D eigenvalue weighted by atomic mass is 31.2. The van der Waals surface area contributed by atoms with Crippen molar-refractivity contribution in [3.05, 3.63) is 26.5 Å². The molecule has 0 saturated carbocycles. The van der Waals surface area contributed by atoms with Crippen molar-refractivity contribution in [3.63, 3.8) is 0 Å². The highest BCUT2D eigenvalue weighted by Crippen LogP contribution is 2.46. The third kappa shape index (κ3) is 3.16. The molecule has 0 N–H and O–H groups in total. The van der Waals surface area contributed by atoms with Crippen LogP contribution in [0.3, 0.4) is 0 Å². The zero-order valence-corrected chi connectivity index (χ0v) is 13.3. The van der Waals surface area contributed by atoms with Gasteiger partial charge in [-0.25, -0.2) is 4.79 Å². The fourth-order valence-electron chi connectivity index (χ4n) is 1.93. The van der Waals surface area contributed by atoms with Crippen LogP contribution in [0.2, 0.25) is 0 Å². The highest BCUT2D eigenvalue weighted by Gasteiger charge is 2.35. The monoisotopic (exact) mass is 315 g/mol. The van der Waals surface area contributed by atoms with Crippen LogP contribution >= 0.6 is 7.60 Å². The first-order chi connectivity index (χ1) is 9.83. The molecule has 116 valence electrons. The van der Waals surface area contributed by atoms with Crippen LogP contribution in [0.4, 0.5) is 0 Å².